The molecule has 6 heteroatoms. The van der Waals surface area contributed by atoms with Gasteiger partial charge in [0.25, 0.3) is 5.91 Å². The molecule has 1 atom stereocenters. The number of carbonyl (C=O) groups is 1. The van der Waals surface area contributed by atoms with Gasteiger partial charge in [0.15, 0.2) is 0 Å². The van der Waals surface area contributed by atoms with E-state index in [0.29, 0.717) is 31.9 Å². The zero-order valence-corrected chi connectivity index (χ0v) is 9.94. The Morgan fingerprint density at radius 3 is 3.18 bits per heavy atom. The number of hydrogen-bond donors (Lipinski definition) is 1. The van der Waals surface area contributed by atoms with Gasteiger partial charge in [0.05, 0.1) is 31.5 Å². The van der Waals surface area contributed by atoms with Crippen LogP contribution < -0.4 is 5.32 Å². The molecular formula is C11H13ClN2O3. The van der Waals surface area contributed by atoms with Gasteiger partial charge in [-0.15, -0.1) is 0 Å². The highest BCUT2D eigenvalue weighted by molar-refractivity contribution is 6.32. The molecule has 0 radical (unpaired) electrons. The van der Waals surface area contributed by atoms with Crippen LogP contribution in [0.1, 0.15) is 10.4 Å². The van der Waals surface area contributed by atoms with E-state index in [0.717, 1.165) is 0 Å². The molecule has 17 heavy (non-hydrogen) atoms. The molecule has 5 nitrogen and oxygen atoms in total. The quantitative estimate of drug-likeness (QED) is 0.816. The fourth-order valence-corrected chi connectivity index (χ4v) is 1.72. The van der Waals surface area contributed by atoms with Gasteiger partial charge in [0.1, 0.15) is 5.15 Å². The largest absolute Gasteiger partial charge is 0.376 e. The van der Waals surface area contributed by atoms with E-state index >= 15 is 0 Å². The number of ether oxygens (including phenoxy) is 2. The maximum atomic E-state index is 11.8. The summed E-state index contributed by atoms with van der Waals surface area (Å²) in [6.07, 6.45) is 1.44. The number of amides is 1. The second-order valence-electron chi connectivity index (χ2n) is 3.62. The van der Waals surface area contributed by atoms with Gasteiger partial charge < -0.3 is 14.8 Å². The molecular weight excluding hydrogens is 244 g/mol. The van der Waals surface area contributed by atoms with Crippen molar-refractivity contribution >= 4 is 17.5 Å². The summed E-state index contributed by atoms with van der Waals surface area (Å²) in [6, 6.07) is 3.30. The van der Waals surface area contributed by atoms with Crippen molar-refractivity contribution < 1.29 is 14.3 Å². The molecule has 1 aliphatic rings. The van der Waals surface area contributed by atoms with E-state index in [2.05, 4.69) is 10.3 Å². The third-order valence-electron chi connectivity index (χ3n) is 2.38. The normalized spacial score (nSPS) is 19.9. The first-order valence-corrected chi connectivity index (χ1v) is 5.73. The zero-order chi connectivity index (χ0) is 12.1. The second-order valence-corrected chi connectivity index (χ2v) is 3.98. The fraction of sp³-hybridized carbons (Fsp3) is 0.455. The molecule has 2 rings (SSSR count). The standard InChI is InChI=1S/C11H13ClN2O3/c12-10-9(2-1-3-13-10)11(15)14-6-8-7-16-4-5-17-8/h1-3,8H,4-7H2,(H,14,15). The second kappa shape index (κ2) is 5.95. The van der Waals surface area contributed by atoms with Crippen LogP contribution in [0.15, 0.2) is 18.3 Å². The Morgan fingerprint density at radius 1 is 1.59 bits per heavy atom. The van der Waals surface area contributed by atoms with Crippen molar-refractivity contribution in [1.29, 1.82) is 0 Å². The monoisotopic (exact) mass is 256 g/mol. The number of aromatic nitrogens is 1. The van der Waals surface area contributed by atoms with Crippen molar-refractivity contribution in [2.24, 2.45) is 0 Å². The summed E-state index contributed by atoms with van der Waals surface area (Å²) in [5.74, 6) is -0.253. The van der Waals surface area contributed by atoms with Gasteiger partial charge in [-0.3, -0.25) is 4.79 Å². The molecule has 2 heterocycles. The Balaban J connectivity index is 1.87. The van der Waals surface area contributed by atoms with Crippen molar-refractivity contribution in [2.75, 3.05) is 26.4 Å². The lowest BCUT2D eigenvalue weighted by molar-refractivity contribution is -0.0855. The molecule has 0 aromatic carbocycles. The lowest BCUT2D eigenvalue weighted by Crippen LogP contribution is -2.39. The summed E-state index contributed by atoms with van der Waals surface area (Å²) in [5, 5.41) is 2.94. The van der Waals surface area contributed by atoms with Crippen molar-refractivity contribution in [2.45, 2.75) is 6.10 Å². The first kappa shape index (κ1) is 12.3. The molecule has 1 unspecified atom stereocenters. The number of nitrogens with one attached hydrogen (secondary N) is 1. The molecule has 92 valence electrons. The maximum absolute atomic E-state index is 11.8. The zero-order valence-electron chi connectivity index (χ0n) is 9.19. The predicted molar refractivity (Wildman–Crippen MR) is 62.1 cm³/mol. The van der Waals surface area contributed by atoms with Crippen molar-refractivity contribution in [3.05, 3.63) is 29.0 Å². The number of nitrogens with zero attached hydrogens (tertiary/aromatic N) is 1. The summed E-state index contributed by atoms with van der Waals surface area (Å²) in [6.45, 7) is 2.08. The van der Waals surface area contributed by atoms with E-state index in [1.54, 1.807) is 12.1 Å². The van der Waals surface area contributed by atoms with Crippen LogP contribution in [-0.2, 0) is 9.47 Å². The minimum Gasteiger partial charge on any atom is -0.376 e. The van der Waals surface area contributed by atoms with Gasteiger partial charge in [-0.05, 0) is 12.1 Å². The van der Waals surface area contributed by atoms with Gasteiger partial charge in [0.2, 0.25) is 0 Å². The van der Waals surface area contributed by atoms with Crippen LogP contribution in [0.2, 0.25) is 5.15 Å². The van der Waals surface area contributed by atoms with E-state index in [1.807, 2.05) is 0 Å². The molecule has 1 aromatic heterocycles. The molecule has 0 spiro atoms. The molecule has 1 amide bonds. The van der Waals surface area contributed by atoms with E-state index in [1.165, 1.54) is 6.20 Å². The first-order chi connectivity index (χ1) is 8.27. The maximum Gasteiger partial charge on any atom is 0.254 e. The van der Waals surface area contributed by atoms with Crippen LogP contribution in [0, 0.1) is 0 Å². The van der Waals surface area contributed by atoms with Gasteiger partial charge in [-0.25, -0.2) is 4.98 Å². The molecule has 1 N–H and O–H groups in total. The summed E-state index contributed by atoms with van der Waals surface area (Å²) in [7, 11) is 0. The topological polar surface area (TPSA) is 60.5 Å². The number of hydrogen-bond acceptors (Lipinski definition) is 4. The van der Waals surface area contributed by atoms with Gasteiger partial charge >= 0.3 is 0 Å². The van der Waals surface area contributed by atoms with Crippen LogP contribution in [0.3, 0.4) is 0 Å². The average molecular weight is 257 g/mol. The molecule has 1 fully saturated rings. The van der Waals surface area contributed by atoms with Crippen molar-refractivity contribution in [1.82, 2.24) is 10.3 Å². The first-order valence-electron chi connectivity index (χ1n) is 5.35. The molecule has 1 saturated heterocycles. The highest BCUT2D eigenvalue weighted by Crippen LogP contribution is 2.11. The van der Waals surface area contributed by atoms with E-state index in [9.17, 15) is 4.79 Å². The third kappa shape index (κ3) is 3.39. The van der Waals surface area contributed by atoms with E-state index in [-0.39, 0.29) is 17.2 Å². The third-order valence-corrected chi connectivity index (χ3v) is 2.68. The Hall–Kier alpha value is -1.17. The summed E-state index contributed by atoms with van der Waals surface area (Å²) >= 11 is 5.81. The van der Waals surface area contributed by atoms with Crippen LogP contribution in [0.25, 0.3) is 0 Å². The Bertz CT molecular complexity index is 394. The van der Waals surface area contributed by atoms with Crippen LogP contribution in [-0.4, -0.2) is 43.4 Å². The summed E-state index contributed by atoms with van der Waals surface area (Å²) in [5.41, 5.74) is 0.367. The Morgan fingerprint density at radius 2 is 2.47 bits per heavy atom. The lowest BCUT2D eigenvalue weighted by atomic mass is 10.2. The average Bonchev–Trinajstić information content (AvgIpc) is 2.38. The highest BCUT2D eigenvalue weighted by Gasteiger charge is 2.16. The Kier molecular flexibility index (Phi) is 4.30. The van der Waals surface area contributed by atoms with E-state index in [4.69, 9.17) is 21.1 Å². The predicted octanol–water partition coefficient (Wildman–Crippen LogP) is 0.880. The number of rotatable bonds is 3. The highest BCUT2D eigenvalue weighted by atomic mass is 35.5. The minimum atomic E-state index is -0.253. The smallest absolute Gasteiger partial charge is 0.254 e. The number of halogens is 1. The van der Waals surface area contributed by atoms with Crippen LogP contribution in [0.4, 0.5) is 0 Å². The van der Waals surface area contributed by atoms with Gasteiger partial charge in [0, 0.05) is 12.7 Å². The van der Waals surface area contributed by atoms with Crippen LogP contribution in [0.5, 0.6) is 0 Å². The molecule has 0 saturated carbocycles. The molecule has 1 aromatic rings. The number of pyridine rings is 1. The van der Waals surface area contributed by atoms with Gasteiger partial charge in [-0.2, -0.15) is 0 Å². The van der Waals surface area contributed by atoms with Crippen molar-refractivity contribution in [3.63, 3.8) is 0 Å². The number of carbonyl (C=O) groups excluding carboxylic acids is 1. The SMILES string of the molecule is O=C(NCC1COCCO1)c1cccnc1Cl. The van der Waals surface area contributed by atoms with Crippen molar-refractivity contribution in [3.8, 4) is 0 Å². The Labute approximate surface area is 104 Å². The minimum absolute atomic E-state index is 0.0943. The summed E-state index contributed by atoms with van der Waals surface area (Å²) in [4.78, 5) is 15.6. The van der Waals surface area contributed by atoms with E-state index < -0.39 is 0 Å². The molecule has 0 bridgehead atoms. The lowest BCUT2D eigenvalue weighted by Gasteiger charge is -2.23. The molecule has 1 aliphatic heterocycles. The summed E-state index contributed by atoms with van der Waals surface area (Å²) < 4.78 is 10.6. The van der Waals surface area contributed by atoms with Gasteiger partial charge in [-0.1, -0.05) is 11.6 Å². The van der Waals surface area contributed by atoms with Crippen LogP contribution >= 0.6 is 11.6 Å². The fourth-order valence-electron chi connectivity index (χ4n) is 1.51. The molecule has 0 aliphatic carbocycles.